The quantitative estimate of drug-likeness (QED) is 0.799. The number of ether oxygens (including phenoxy) is 1. The molecule has 1 fully saturated rings. The number of amides is 1. The molecule has 5 heteroatoms. The highest BCUT2D eigenvalue weighted by atomic mass is 79.9. The number of thiophene rings is 1. The third-order valence-electron chi connectivity index (χ3n) is 3.10. The number of halogens is 1. The average Bonchev–Trinajstić information content (AvgIpc) is 2.73. The van der Waals surface area contributed by atoms with Gasteiger partial charge >= 0.3 is 0 Å². The van der Waals surface area contributed by atoms with Crippen LogP contribution in [0.4, 0.5) is 0 Å². The highest BCUT2D eigenvalue weighted by Gasteiger charge is 2.29. The van der Waals surface area contributed by atoms with Crippen LogP contribution in [0, 0.1) is 5.92 Å². The molecule has 94 valence electrons. The van der Waals surface area contributed by atoms with Gasteiger partial charge in [-0.1, -0.05) is 15.9 Å². The van der Waals surface area contributed by atoms with Crippen LogP contribution in [-0.4, -0.2) is 36.3 Å². The van der Waals surface area contributed by atoms with E-state index in [1.165, 1.54) is 24.2 Å². The van der Waals surface area contributed by atoms with Crippen LogP contribution in [0.25, 0.3) is 0 Å². The third-order valence-corrected chi connectivity index (χ3v) is 4.73. The zero-order chi connectivity index (χ0) is 12.4. The van der Waals surface area contributed by atoms with Gasteiger partial charge in [-0.15, -0.1) is 11.3 Å². The lowest BCUT2D eigenvalue weighted by atomic mass is 9.85. The van der Waals surface area contributed by atoms with E-state index in [0.29, 0.717) is 21.4 Å². The minimum absolute atomic E-state index is 0.0647. The van der Waals surface area contributed by atoms with E-state index in [-0.39, 0.29) is 5.91 Å². The summed E-state index contributed by atoms with van der Waals surface area (Å²) >= 11 is 5.01. The number of alkyl halides is 1. The largest absolute Gasteiger partial charge is 0.495 e. The SMILES string of the molecule is COc1ccsc1C(=O)N(C)CC1CC(Br)C1. The second-order valence-electron chi connectivity index (χ2n) is 4.44. The monoisotopic (exact) mass is 317 g/mol. The van der Waals surface area contributed by atoms with Gasteiger partial charge in [-0.05, 0) is 30.2 Å². The molecule has 0 radical (unpaired) electrons. The molecule has 3 nitrogen and oxygen atoms in total. The van der Waals surface area contributed by atoms with Crippen LogP contribution < -0.4 is 4.74 Å². The Morgan fingerprint density at radius 3 is 2.94 bits per heavy atom. The lowest BCUT2D eigenvalue weighted by Crippen LogP contribution is -2.37. The maximum atomic E-state index is 12.2. The van der Waals surface area contributed by atoms with E-state index < -0.39 is 0 Å². The molecule has 0 N–H and O–H groups in total. The van der Waals surface area contributed by atoms with Crippen LogP contribution >= 0.6 is 27.3 Å². The van der Waals surface area contributed by atoms with Gasteiger partial charge in [0.2, 0.25) is 0 Å². The van der Waals surface area contributed by atoms with Crippen molar-refractivity contribution in [1.82, 2.24) is 4.90 Å². The number of carbonyl (C=O) groups is 1. The van der Waals surface area contributed by atoms with E-state index in [1.807, 2.05) is 18.5 Å². The van der Waals surface area contributed by atoms with Crippen molar-refractivity contribution in [2.45, 2.75) is 17.7 Å². The summed E-state index contributed by atoms with van der Waals surface area (Å²) in [5.41, 5.74) is 0. The van der Waals surface area contributed by atoms with Gasteiger partial charge in [0, 0.05) is 18.4 Å². The van der Waals surface area contributed by atoms with Crippen LogP contribution in [0.2, 0.25) is 0 Å². The van der Waals surface area contributed by atoms with E-state index in [1.54, 1.807) is 12.0 Å². The van der Waals surface area contributed by atoms with E-state index in [2.05, 4.69) is 15.9 Å². The van der Waals surface area contributed by atoms with Crippen LogP contribution in [0.1, 0.15) is 22.5 Å². The van der Waals surface area contributed by atoms with Crippen LogP contribution in [0.3, 0.4) is 0 Å². The first-order chi connectivity index (χ1) is 8.11. The summed E-state index contributed by atoms with van der Waals surface area (Å²) in [6.07, 6.45) is 2.33. The van der Waals surface area contributed by atoms with Gasteiger partial charge < -0.3 is 9.64 Å². The third kappa shape index (κ3) is 2.83. The van der Waals surface area contributed by atoms with Crippen molar-refractivity contribution >= 4 is 33.2 Å². The summed E-state index contributed by atoms with van der Waals surface area (Å²) in [6.45, 7) is 0.835. The Labute approximate surface area is 114 Å². The zero-order valence-electron chi connectivity index (χ0n) is 9.98. The summed E-state index contributed by atoms with van der Waals surface area (Å²) in [4.78, 5) is 15.3. The van der Waals surface area contributed by atoms with Gasteiger partial charge in [0.25, 0.3) is 5.91 Å². The molecule has 1 aliphatic rings. The summed E-state index contributed by atoms with van der Waals surface area (Å²) in [6, 6.07) is 1.84. The standard InChI is InChI=1S/C12H16BrNO2S/c1-14(7-8-5-9(13)6-8)12(15)11-10(16-2)3-4-17-11/h3-4,8-9H,5-7H2,1-2H3. The van der Waals surface area contributed by atoms with Crippen LogP contribution in [0.15, 0.2) is 11.4 Å². The fourth-order valence-electron chi connectivity index (χ4n) is 2.06. The summed E-state index contributed by atoms with van der Waals surface area (Å²) in [5, 5.41) is 1.89. The second kappa shape index (κ2) is 5.40. The van der Waals surface area contributed by atoms with Gasteiger partial charge in [-0.2, -0.15) is 0 Å². The van der Waals surface area contributed by atoms with Gasteiger partial charge in [0.1, 0.15) is 10.6 Å². The molecular formula is C12H16BrNO2S. The van der Waals surface area contributed by atoms with Gasteiger partial charge in [-0.25, -0.2) is 0 Å². The fraction of sp³-hybridized carbons (Fsp3) is 0.583. The Morgan fingerprint density at radius 2 is 2.35 bits per heavy atom. The van der Waals surface area contributed by atoms with E-state index >= 15 is 0 Å². The predicted molar refractivity (Wildman–Crippen MR) is 73.3 cm³/mol. The Morgan fingerprint density at radius 1 is 1.65 bits per heavy atom. The normalized spacial score (nSPS) is 23.0. The molecule has 1 aromatic rings. The molecule has 0 spiro atoms. The van der Waals surface area contributed by atoms with Gasteiger partial charge in [0.15, 0.2) is 0 Å². The van der Waals surface area contributed by atoms with E-state index in [4.69, 9.17) is 4.74 Å². The number of hydrogen-bond donors (Lipinski definition) is 0. The van der Waals surface area contributed by atoms with E-state index in [9.17, 15) is 4.79 Å². The molecule has 1 aromatic heterocycles. The smallest absolute Gasteiger partial charge is 0.267 e. The fourth-order valence-corrected chi connectivity index (χ4v) is 3.97. The Balaban J connectivity index is 1.95. The first kappa shape index (κ1) is 12.9. The van der Waals surface area contributed by atoms with Crippen molar-refractivity contribution in [3.63, 3.8) is 0 Å². The number of nitrogens with zero attached hydrogens (tertiary/aromatic N) is 1. The van der Waals surface area contributed by atoms with Crippen molar-refractivity contribution in [2.75, 3.05) is 20.7 Å². The Kier molecular flexibility index (Phi) is 4.09. The number of hydrogen-bond acceptors (Lipinski definition) is 3. The molecule has 0 atom stereocenters. The lowest BCUT2D eigenvalue weighted by molar-refractivity contribution is 0.0750. The Bertz CT molecular complexity index is 401. The van der Waals surface area contributed by atoms with Crippen molar-refractivity contribution in [3.05, 3.63) is 16.3 Å². The van der Waals surface area contributed by atoms with Crippen molar-refractivity contribution < 1.29 is 9.53 Å². The topological polar surface area (TPSA) is 29.5 Å². The minimum Gasteiger partial charge on any atom is -0.495 e. The molecule has 1 aliphatic carbocycles. The average molecular weight is 318 g/mol. The van der Waals surface area contributed by atoms with Crippen LogP contribution in [-0.2, 0) is 0 Å². The first-order valence-corrected chi connectivity index (χ1v) is 7.42. The second-order valence-corrected chi connectivity index (χ2v) is 6.65. The van der Waals surface area contributed by atoms with Crippen molar-refractivity contribution in [3.8, 4) is 5.75 Å². The molecule has 0 aliphatic heterocycles. The highest BCUT2D eigenvalue weighted by molar-refractivity contribution is 9.09. The molecule has 17 heavy (non-hydrogen) atoms. The van der Waals surface area contributed by atoms with Crippen LogP contribution in [0.5, 0.6) is 5.75 Å². The highest BCUT2D eigenvalue weighted by Crippen LogP contribution is 2.34. The van der Waals surface area contributed by atoms with Gasteiger partial charge in [-0.3, -0.25) is 4.79 Å². The number of methoxy groups -OCH3 is 1. The molecule has 0 aromatic carbocycles. The molecule has 0 saturated heterocycles. The molecular weight excluding hydrogens is 302 g/mol. The maximum absolute atomic E-state index is 12.2. The van der Waals surface area contributed by atoms with Gasteiger partial charge in [0.05, 0.1) is 7.11 Å². The van der Waals surface area contributed by atoms with Crippen molar-refractivity contribution in [1.29, 1.82) is 0 Å². The molecule has 0 bridgehead atoms. The molecule has 1 saturated carbocycles. The molecule has 1 heterocycles. The summed E-state index contributed by atoms with van der Waals surface area (Å²) in [7, 11) is 3.46. The molecule has 0 unspecified atom stereocenters. The Hall–Kier alpha value is -0.550. The van der Waals surface area contributed by atoms with Crippen molar-refractivity contribution in [2.24, 2.45) is 5.92 Å². The minimum atomic E-state index is 0.0647. The lowest BCUT2D eigenvalue weighted by Gasteiger charge is -2.34. The molecule has 2 rings (SSSR count). The number of carbonyl (C=O) groups excluding carboxylic acids is 1. The summed E-state index contributed by atoms with van der Waals surface area (Å²) < 4.78 is 5.17. The molecule has 1 amide bonds. The zero-order valence-corrected chi connectivity index (χ0v) is 12.4. The first-order valence-electron chi connectivity index (χ1n) is 5.62. The summed E-state index contributed by atoms with van der Waals surface area (Å²) in [5.74, 6) is 1.38. The van der Waals surface area contributed by atoms with E-state index in [0.717, 1.165) is 6.54 Å². The number of rotatable bonds is 4. The maximum Gasteiger partial charge on any atom is 0.267 e. The predicted octanol–water partition coefficient (Wildman–Crippen LogP) is 3.00.